The minimum absolute atomic E-state index is 0.188. The predicted molar refractivity (Wildman–Crippen MR) is 123 cm³/mol. The molecular formula is C22H33N5OS. The minimum Gasteiger partial charge on any atom is -0.379 e. The number of morpholine rings is 1. The first kappa shape index (κ1) is 20.6. The third-order valence-corrected chi connectivity index (χ3v) is 7.24. The quantitative estimate of drug-likeness (QED) is 0.479. The first-order valence-electron chi connectivity index (χ1n) is 10.8. The second kappa shape index (κ2) is 9.87. The van der Waals surface area contributed by atoms with Crippen LogP contribution in [0.3, 0.4) is 0 Å². The molecule has 2 aromatic rings. The number of aromatic nitrogens is 1. The van der Waals surface area contributed by atoms with Gasteiger partial charge in [0.15, 0.2) is 5.96 Å². The molecule has 0 bridgehead atoms. The van der Waals surface area contributed by atoms with E-state index in [2.05, 4.69) is 69.7 Å². The fourth-order valence-electron chi connectivity index (χ4n) is 4.33. The van der Waals surface area contributed by atoms with Crippen LogP contribution in [0.25, 0.3) is 10.9 Å². The van der Waals surface area contributed by atoms with Gasteiger partial charge in [0.1, 0.15) is 0 Å². The lowest BCUT2D eigenvalue weighted by atomic mass is 9.96. The highest BCUT2D eigenvalue weighted by molar-refractivity contribution is 7.99. The summed E-state index contributed by atoms with van der Waals surface area (Å²) in [6, 6.07) is 8.48. The van der Waals surface area contributed by atoms with E-state index in [0.29, 0.717) is 0 Å². The lowest BCUT2D eigenvalue weighted by Gasteiger charge is -2.42. The Balaban J connectivity index is 1.37. The number of benzene rings is 1. The van der Waals surface area contributed by atoms with Crippen LogP contribution in [0.5, 0.6) is 0 Å². The zero-order chi connectivity index (χ0) is 19.9. The average molecular weight is 416 g/mol. The first-order valence-corrected chi connectivity index (χ1v) is 11.9. The van der Waals surface area contributed by atoms with Crippen LogP contribution in [0.1, 0.15) is 18.9 Å². The highest BCUT2D eigenvalue weighted by Gasteiger charge is 2.40. The number of hydrogen-bond acceptors (Lipinski definition) is 4. The predicted octanol–water partition coefficient (Wildman–Crippen LogP) is 2.47. The van der Waals surface area contributed by atoms with Gasteiger partial charge in [-0.3, -0.25) is 9.89 Å². The molecule has 3 N–H and O–H groups in total. The molecule has 1 aromatic carbocycles. The Morgan fingerprint density at radius 2 is 2.14 bits per heavy atom. The number of ether oxygens (including phenoxy) is 1. The van der Waals surface area contributed by atoms with E-state index in [9.17, 15) is 0 Å². The summed E-state index contributed by atoms with van der Waals surface area (Å²) in [5, 5.41) is 8.28. The molecule has 0 aliphatic carbocycles. The van der Waals surface area contributed by atoms with Gasteiger partial charge in [-0.15, -0.1) is 0 Å². The largest absolute Gasteiger partial charge is 0.379 e. The van der Waals surface area contributed by atoms with E-state index in [1.54, 1.807) is 0 Å². The summed E-state index contributed by atoms with van der Waals surface area (Å²) < 4.78 is 5.58. The summed E-state index contributed by atoms with van der Waals surface area (Å²) in [5.74, 6) is 3.33. The maximum atomic E-state index is 5.58. The Morgan fingerprint density at radius 3 is 2.93 bits per heavy atom. The van der Waals surface area contributed by atoms with Gasteiger partial charge in [0.05, 0.1) is 25.3 Å². The van der Waals surface area contributed by atoms with Gasteiger partial charge in [0.2, 0.25) is 0 Å². The molecule has 3 heterocycles. The molecule has 0 saturated carbocycles. The summed E-state index contributed by atoms with van der Waals surface area (Å²) in [7, 11) is 0. The molecule has 6 nitrogen and oxygen atoms in total. The molecule has 7 heteroatoms. The molecule has 2 aliphatic heterocycles. The zero-order valence-electron chi connectivity index (χ0n) is 17.4. The molecule has 1 unspecified atom stereocenters. The molecule has 158 valence electrons. The topological polar surface area (TPSA) is 64.7 Å². The number of nitrogens with zero attached hydrogens (tertiary/aromatic N) is 2. The van der Waals surface area contributed by atoms with E-state index in [0.717, 1.165) is 58.3 Å². The van der Waals surface area contributed by atoms with Crippen molar-refractivity contribution < 1.29 is 4.74 Å². The number of para-hydroxylation sites is 1. The van der Waals surface area contributed by atoms with Crippen molar-refractivity contribution in [3.63, 3.8) is 0 Å². The summed E-state index contributed by atoms with van der Waals surface area (Å²) in [4.78, 5) is 11.0. The van der Waals surface area contributed by atoms with Crippen molar-refractivity contribution in [2.24, 2.45) is 4.99 Å². The van der Waals surface area contributed by atoms with Gasteiger partial charge in [-0.1, -0.05) is 18.2 Å². The van der Waals surface area contributed by atoms with Crippen molar-refractivity contribution in [2.45, 2.75) is 25.3 Å². The summed E-state index contributed by atoms with van der Waals surface area (Å²) in [5.41, 5.74) is 2.74. The van der Waals surface area contributed by atoms with Crippen LogP contribution in [0, 0.1) is 0 Å². The van der Waals surface area contributed by atoms with Crippen LogP contribution in [-0.4, -0.2) is 78.8 Å². The molecule has 1 aromatic heterocycles. The number of aromatic amines is 1. The van der Waals surface area contributed by atoms with Gasteiger partial charge in [0.25, 0.3) is 0 Å². The number of thioether (sulfide) groups is 1. The van der Waals surface area contributed by atoms with Gasteiger partial charge < -0.3 is 20.4 Å². The Labute approximate surface area is 177 Å². The molecule has 1 atom stereocenters. The minimum atomic E-state index is 0.188. The fraction of sp³-hybridized carbons (Fsp3) is 0.591. The Bertz CT molecular complexity index is 808. The van der Waals surface area contributed by atoms with Crippen molar-refractivity contribution >= 4 is 28.6 Å². The van der Waals surface area contributed by atoms with Gasteiger partial charge >= 0.3 is 0 Å². The molecule has 2 aliphatic rings. The zero-order valence-corrected chi connectivity index (χ0v) is 18.2. The second-order valence-electron chi connectivity index (χ2n) is 7.86. The van der Waals surface area contributed by atoms with E-state index < -0.39 is 0 Å². The summed E-state index contributed by atoms with van der Waals surface area (Å²) in [6.07, 6.45) is 4.31. The number of H-pyrrole nitrogens is 1. The number of aliphatic imine (C=N–C) groups is 1. The molecule has 2 fully saturated rings. The lowest BCUT2D eigenvalue weighted by Crippen LogP contribution is -2.56. The summed E-state index contributed by atoms with van der Waals surface area (Å²) in [6.45, 7) is 8.47. The Kier molecular flexibility index (Phi) is 7.00. The number of rotatable bonds is 7. The van der Waals surface area contributed by atoms with Crippen molar-refractivity contribution in [3.05, 3.63) is 36.0 Å². The molecule has 0 amide bonds. The van der Waals surface area contributed by atoms with Crippen molar-refractivity contribution in [1.82, 2.24) is 20.5 Å². The second-order valence-corrected chi connectivity index (χ2v) is 8.96. The highest BCUT2D eigenvalue weighted by Crippen LogP contribution is 2.34. The molecule has 29 heavy (non-hydrogen) atoms. The van der Waals surface area contributed by atoms with E-state index in [4.69, 9.17) is 9.73 Å². The van der Waals surface area contributed by atoms with Crippen LogP contribution >= 0.6 is 11.8 Å². The van der Waals surface area contributed by atoms with Gasteiger partial charge in [-0.05, 0) is 37.1 Å². The number of guanidine groups is 1. The lowest BCUT2D eigenvalue weighted by molar-refractivity contribution is -0.0104. The molecule has 0 radical (unpaired) electrons. The van der Waals surface area contributed by atoms with Crippen LogP contribution in [0.4, 0.5) is 0 Å². The average Bonchev–Trinajstić information content (AvgIpc) is 3.41. The molecular weight excluding hydrogens is 382 g/mol. The third-order valence-electron chi connectivity index (χ3n) is 6.00. The van der Waals surface area contributed by atoms with Crippen molar-refractivity contribution in [3.8, 4) is 0 Å². The first-order chi connectivity index (χ1) is 14.3. The van der Waals surface area contributed by atoms with Crippen LogP contribution < -0.4 is 10.6 Å². The monoisotopic (exact) mass is 415 g/mol. The number of fused-ring (bicyclic) bond motifs is 1. The maximum absolute atomic E-state index is 5.58. The van der Waals surface area contributed by atoms with Gasteiger partial charge in [0, 0.05) is 49.0 Å². The highest BCUT2D eigenvalue weighted by atomic mass is 32.2. The number of nitrogens with one attached hydrogen (secondary N) is 3. The molecule has 0 spiro atoms. The Hall–Kier alpha value is -1.70. The van der Waals surface area contributed by atoms with Crippen LogP contribution in [0.2, 0.25) is 0 Å². The molecule has 4 rings (SSSR count). The standard InChI is InChI=1S/C22H33N5OS/c1-2-23-21(24-9-7-18-15-25-20-6-4-3-5-19(18)20)26-16-22(8-14-29-17-22)27-10-12-28-13-11-27/h3-6,15,25H,2,7-14,16-17H2,1H3,(H2,23,24,26). The smallest absolute Gasteiger partial charge is 0.191 e. The van der Waals surface area contributed by atoms with Crippen molar-refractivity contribution in [2.75, 3.05) is 57.4 Å². The SMILES string of the molecule is CCNC(=NCC1(N2CCOCC2)CCSC1)NCCc1c[nH]c2ccccc12. The van der Waals surface area contributed by atoms with E-state index in [1.165, 1.54) is 34.4 Å². The van der Waals surface area contributed by atoms with Gasteiger partial charge in [-0.25, -0.2) is 0 Å². The normalized spacial score (nSPS) is 23.6. The van der Waals surface area contributed by atoms with E-state index >= 15 is 0 Å². The van der Waals surface area contributed by atoms with E-state index in [1.807, 2.05) is 0 Å². The molecule has 2 saturated heterocycles. The summed E-state index contributed by atoms with van der Waals surface area (Å²) >= 11 is 2.06. The number of hydrogen-bond donors (Lipinski definition) is 3. The van der Waals surface area contributed by atoms with Gasteiger partial charge in [-0.2, -0.15) is 11.8 Å². The van der Waals surface area contributed by atoms with Crippen LogP contribution in [-0.2, 0) is 11.2 Å². The maximum Gasteiger partial charge on any atom is 0.191 e. The van der Waals surface area contributed by atoms with Crippen LogP contribution in [0.15, 0.2) is 35.5 Å². The third kappa shape index (κ3) is 4.90. The Morgan fingerprint density at radius 1 is 1.28 bits per heavy atom. The van der Waals surface area contributed by atoms with Crippen molar-refractivity contribution in [1.29, 1.82) is 0 Å². The fourth-order valence-corrected chi connectivity index (χ4v) is 5.80. The van der Waals surface area contributed by atoms with E-state index in [-0.39, 0.29) is 5.54 Å².